The molecule has 2 amide bonds. The Labute approximate surface area is 181 Å². The molecule has 2 heterocycles. The van der Waals surface area contributed by atoms with Gasteiger partial charge in [-0.1, -0.05) is 19.4 Å². The van der Waals surface area contributed by atoms with Gasteiger partial charge >= 0.3 is 6.09 Å². The number of hydrogen-bond acceptors (Lipinski definition) is 5. The van der Waals surface area contributed by atoms with Crippen molar-refractivity contribution in [2.45, 2.75) is 32.6 Å². The van der Waals surface area contributed by atoms with E-state index in [0.717, 1.165) is 25.7 Å². The third-order valence-corrected chi connectivity index (χ3v) is 5.35. The topological polar surface area (TPSA) is 94.7 Å². The number of nitrogens with two attached hydrogens (primary N) is 1. The summed E-state index contributed by atoms with van der Waals surface area (Å²) in [5.74, 6) is -0.498. The summed E-state index contributed by atoms with van der Waals surface area (Å²) in [6.07, 6.45) is 4.97. The first-order chi connectivity index (χ1) is 15.0. The van der Waals surface area contributed by atoms with Crippen LogP contribution in [0.3, 0.4) is 0 Å². The fraction of sp³-hybridized carbons (Fsp3) is 0.435. The molecule has 1 aliphatic heterocycles. The number of primary amides is 1. The van der Waals surface area contributed by atoms with Crippen molar-refractivity contribution in [3.05, 3.63) is 47.9 Å². The van der Waals surface area contributed by atoms with Crippen LogP contribution in [0.1, 0.15) is 43.0 Å². The van der Waals surface area contributed by atoms with Gasteiger partial charge in [0.15, 0.2) is 0 Å². The number of hydrogen-bond donors (Lipinski definition) is 1. The molecule has 2 aromatic rings. The van der Waals surface area contributed by atoms with Gasteiger partial charge in [0.1, 0.15) is 11.6 Å². The summed E-state index contributed by atoms with van der Waals surface area (Å²) in [4.78, 5) is 29.2. The molecular weight excluding hydrogens is 401 g/mol. The molecule has 0 unspecified atom stereocenters. The van der Waals surface area contributed by atoms with E-state index in [1.165, 1.54) is 12.1 Å². The van der Waals surface area contributed by atoms with Crippen molar-refractivity contribution in [2.75, 3.05) is 26.3 Å². The highest BCUT2D eigenvalue weighted by molar-refractivity contribution is 5.93. The molecular formula is C23H28FN3O4. The summed E-state index contributed by atoms with van der Waals surface area (Å²) in [5, 5.41) is 0. The quantitative estimate of drug-likeness (QED) is 0.640. The van der Waals surface area contributed by atoms with Gasteiger partial charge < -0.3 is 20.1 Å². The average molecular weight is 429 g/mol. The van der Waals surface area contributed by atoms with Gasteiger partial charge in [0.25, 0.3) is 5.91 Å². The van der Waals surface area contributed by atoms with E-state index in [4.69, 9.17) is 15.2 Å². The highest BCUT2D eigenvalue weighted by Gasteiger charge is 2.24. The van der Waals surface area contributed by atoms with Crippen molar-refractivity contribution in [2.24, 2.45) is 11.7 Å². The predicted octanol–water partition coefficient (Wildman–Crippen LogP) is 4.01. The van der Waals surface area contributed by atoms with E-state index in [2.05, 4.69) is 11.9 Å². The number of halogens is 1. The molecule has 0 atom stereocenters. The molecule has 0 bridgehead atoms. The molecule has 7 nitrogen and oxygen atoms in total. The lowest BCUT2D eigenvalue weighted by Gasteiger charge is -2.31. The lowest BCUT2D eigenvalue weighted by atomic mass is 9.98. The van der Waals surface area contributed by atoms with Crippen molar-refractivity contribution in [3.63, 3.8) is 0 Å². The zero-order valence-electron chi connectivity index (χ0n) is 17.7. The number of unbranched alkanes of at least 4 members (excludes halogenated alkanes) is 1. The predicted molar refractivity (Wildman–Crippen MR) is 114 cm³/mol. The second-order valence-corrected chi connectivity index (χ2v) is 7.65. The van der Waals surface area contributed by atoms with Crippen molar-refractivity contribution >= 4 is 12.0 Å². The number of pyridine rings is 1. The summed E-state index contributed by atoms with van der Waals surface area (Å²) in [6.45, 7) is 4.42. The Kier molecular flexibility index (Phi) is 7.81. The second-order valence-electron chi connectivity index (χ2n) is 7.65. The minimum Gasteiger partial charge on any atom is -0.492 e. The van der Waals surface area contributed by atoms with E-state index in [1.54, 1.807) is 29.3 Å². The third kappa shape index (κ3) is 6.16. The number of likely N-dealkylation sites (tertiary alicyclic amines) is 1. The van der Waals surface area contributed by atoms with Gasteiger partial charge in [0, 0.05) is 18.7 Å². The van der Waals surface area contributed by atoms with Crippen LogP contribution in [0.25, 0.3) is 11.3 Å². The highest BCUT2D eigenvalue weighted by Crippen LogP contribution is 2.23. The molecule has 31 heavy (non-hydrogen) atoms. The smallest absolute Gasteiger partial charge is 0.409 e. The second kappa shape index (κ2) is 10.7. The van der Waals surface area contributed by atoms with Gasteiger partial charge in [-0.05, 0) is 49.4 Å². The zero-order valence-corrected chi connectivity index (χ0v) is 17.7. The molecule has 166 valence electrons. The minimum absolute atomic E-state index is 0.149. The summed E-state index contributed by atoms with van der Waals surface area (Å²) >= 11 is 0. The number of benzene rings is 1. The van der Waals surface area contributed by atoms with Crippen LogP contribution in [0.2, 0.25) is 0 Å². The van der Waals surface area contributed by atoms with Crippen LogP contribution < -0.4 is 10.5 Å². The summed E-state index contributed by atoms with van der Waals surface area (Å²) in [5.41, 5.74) is 6.09. The van der Waals surface area contributed by atoms with Gasteiger partial charge in [-0.3, -0.25) is 9.78 Å². The maximum atomic E-state index is 14.0. The molecule has 0 spiro atoms. The first-order valence-corrected chi connectivity index (χ1v) is 10.6. The largest absolute Gasteiger partial charge is 0.492 e. The Morgan fingerprint density at radius 3 is 2.61 bits per heavy atom. The Morgan fingerprint density at radius 2 is 2.00 bits per heavy atom. The van der Waals surface area contributed by atoms with E-state index in [9.17, 15) is 14.0 Å². The number of piperidine rings is 1. The first kappa shape index (κ1) is 22.5. The van der Waals surface area contributed by atoms with Crippen LogP contribution in [-0.2, 0) is 4.74 Å². The van der Waals surface area contributed by atoms with E-state index in [1.807, 2.05) is 0 Å². The number of ether oxygens (including phenoxy) is 2. The molecule has 8 heteroatoms. The number of carbonyl (C=O) groups excluding carboxylic acids is 2. The van der Waals surface area contributed by atoms with E-state index < -0.39 is 11.7 Å². The van der Waals surface area contributed by atoms with Crippen LogP contribution in [0.15, 0.2) is 36.5 Å². The van der Waals surface area contributed by atoms with Crippen LogP contribution in [0.4, 0.5) is 9.18 Å². The minimum atomic E-state index is -0.806. The molecule has 1 saturated heterocycles. The van der Waals surface area contributed by atoms with Gasteiger partial charge in [0.05, 0.1) is 30.7 Å². The van der Waals surface area contributed by atoms with Crippen LogP contribution >= 0.6 is 0 Å². The molecule has 0 radical (unpaired) electrons. The number of carbonyl (C=O) groups is 2. The maximum Gasteiger partial charge on any atom is 0.409 e. The Bertz CT molecular complexity index is 896. The standard InChI is InChI=1S/C23H28FN3O4/c1-2-3-12-30-23(29)27-10-8-16(9-11-27)15-31-18-5-7-21(26-14-18)17-4-6-19(22(25)28)20(24)13-17/h4-7,13-14,16H,2-3,8-12,15H2,1H3,(H2,25,28). The van der Waals surface area contributed by atoms with Gasteiger partial charge in [-0.15, -0.1) is 0 Å². The maximum absolute atomic E-state index is 14.0. The fourth-order valence-electron chi connectivity index (χ4n) is 3.40. The molecule has 3 rings (SSSR count). The van der Waals surface area contributed by atoms with Crippen molar-refractivity contribution in [1.29, 1.82) is 0 Å². The number of rotatable bonds is 8. The van der Waals surface area contributed by atoms with Gasteiger partial charge in [-0.2, -0.15) is 0 Å². The highest BCUT2D eigenvalue weighted by atomic mass is 19.1. The van der Waals surface area contributed by atoms with Crippen molar-refractivity contribution < 1.29 is 23.5 Å². The molecule has 1 aromatic heterocycles. The lowest BCUT2D eigenvalue weighted by molar-refractivity contribution is 0.0800. The van der Waals surface area contributed by atoms with E-state index in [0.29, 0.717) is 49.2 Å². The molecule has 0 saturated carbocycles. The van der Waals surface area contributed by atoms with Crippen molar-refractivity contribution in [3.8, 4) is 17.0 Å². The van der Waals surface area contributed by atoms with Gasteiger partial charge in [0.2, 0.25) is 0 Å². The average Bonchev–Trinajstić information content (AvgIpc) is 2.78. The molecule has 2 N–H and O–H groups in total. The van der Waals surface area contributed by atoms with Crippen LogP contribution in [0, 0.1) is 11.7 Å². The Morgan fingerprint density at radius 1 is 1.23 bits per heavy atom. The summed E-state index contributed by atoms with van der Waals surface area (Å²) in [7, 11) is 0. The normalized spacial score (nSPS) is 14.3. The Hall–Kier alpha value is -3.16. The zero-order chi connectivity index (χ0) is 22.2. The summed E-state index contributed by atoms with van der Waals surface area (Å²) < 4.78 is 25.1. The van der Waals surface area contributed by atoms with Crippen LogP contribution in [-0.4, -0.2) is 48.2 Å². The monoisotopic (exact) mass is 429 g/mol. The van der Waals surface area contributed by atoms with Gasteiger partial charge in [-0.25, -0.2) is 9.18 Å². The number of nitrogens with zero attached hydrogens (tertiary/aromatic N) is 2. The summed E-state index contributed by atoms with van der Waals surface area (Å²) in [6, 6.07) is 7.72. The molecule has 1 fully saturated rings. The fourth-order valence-corrected chi connectivity index (χ4v) is 3.40. The van der Waals surface area contributed by atoms with E-state index in [-0.39, 0.29) is 11.7 Å². The third-order valence-electron chi connectivity index (χ3n) is 5.35. The number of aromatic nitrogens is 1. The molecule has 0 aliphatic carbocycles. The SMILES string of the molecule is CCCCOC(=O)N1CCC(COc2ccc(-c3ccc(C(N)=O)c(F)c3)nc2)CC1. The lowest BCUT2D eigenvalue weighted by Crippen LogP contribution is -2.40. The number of amides is 2. The molecule has 1 aromatic carbocycles. The first-order valence-electron chi connectivity index (χ1n) is 10.6. The van der Waals surface area contributed by atoms with E-state index >= 15 is 0 Å². The molecule has 1 aliphatic rings. The Balaban J connectivity index is 1.46. The van der Waals surface area contributed by atoms with Crippen LogP contribution in [0.5, 0.6) is 5.75 Å². The van der Waals surface area contributed by atoms with Crippen molar-refractivity contribution in [1.82, 2.24) is 9.88 Å².